The molecular weight excluding hydrogens is 354 g/mol. The molecule has 0 radical (unpaired) electrons. The zero-order valence-corrected chi connectivity index (χ0v) is 14.9. The van der Waals surface area contributed by atoms with Crippen LogP contribution in [-0.4, -0.2) is 28.1 Å². The topological polar surface area (TPSA) is 76.0 Å². The minimum absolute atomic E-state index is 0.169. The standard InChI is InChI=1S/C19H22F2N4O2/c20-13-7-8-15(16(21)12-13)19(27)22-10-3-6-18(26)24-17-9-11-23-25(17)14-4-1-2-5-14/h7-9,11-12,14H,1-6,10H2,(H,22,27)(H,24,26). The number of nitrogens with one attached hydrogen (secondary N) is 2. The highest BCUT2D eigenvalue weighted by atomic mass is 19.1. The predicted octanol–water partition coefficient (Wildman–Crippen LogP) is 3.43. The Morgan fingerprint density at radius 1 is 1.19 bits per heavy atom. The van der Waals surface area contributed by atoms with Crippen molar-refractivity contribution in [2.75, 3.05) is 11.9 Å². The van der Waals surface area contributed by atoms with Gasteiger partial charge in [0, 0.05) is 25.1 Å². The number of aromatic nitrogens is 2. The van der Waals surface area contributed by atoms with Gasteiger partial charge in [0.1, 0.15) is 17.5 Å². The SMILES string of the molecule is O=C(CCCNC(=O)c1ccc(F)cc1F)Nc1ccnn1C1CCCC1. The van der Waals surface area contributed by atoms with Gasteiger partial charge in [-0.05, 0) is 31.4 Å². The van der Waals surface area contributed by atoms with E-state index in [1.165, 1.54) is 12.8 Å². The van der Waals surface area contributed by atoms with Crippen LogP contribution in [0.15, 0.2) is 30.5 Å². The van der Waals surface area contributed by atoms with Crippen LogP contribution in [0.2, 0.25) is 0 Å². The van der Waals surface area contributed by atoms with E-state index in [9.17, 15) is 18.4 Å². The Morgan fingerprint density at radius 3 is 2.70 bits per heavy atom. The van der Waals surface area contributed by atoms with Gasteiger partial charge in [0.15, 0.2) is 0 Å². The lowest BCUT2D eigenvalue weighted by atomic mass is 10.2. The molecule has 1 aromatic carbocycles. The highest BCUT2D eigenvalue weighted by molar-refractivity contribution is 5.94. The van der Waals surface area contributed by atoms with Crippen molar-refractivity contribution in [3.63, 3.8) is 0 Å². The summed E-state index contributed by atoms with van der Waals surface area (Å²) in [4.78, 5) is 24.0. The molecule has 2 N–H and O–H groups in total. The molecule has 2 aromatic rings. The molecule has 1 aromatic heterocycles. The van der Waals surface area contributed by atoms with Crippen molar-refractivity contribution in [3.8, 4) is 0 Å². The lowest BCUT2D eigenvalue weighted by Gasteiger charge is -2.14. The van der Waals surface area contributed by atoms with Gasteiger partial charge in [-0.25, -0.2) is 13.5 Å². The van der Waals surface area contributed by atoms with E-state index in [0.29, 0.717) is 24.3 Å². The first kappa shape index (κ1) is 19.0. The molecule has 1 fully saturated rings. The molecule has 1 aliphatic rings. The average Bonchev–Trinajstić information content (AvgIpc) is 3.29. The Labute approximate surface area is 155 Å². The molecule has 0 aliphatic heterocycles. The molecule has 1 saturated carbocycles. The van der Waals surface area contributed by atoms with Crippen LogP contribution < -0.4 is 10.6 Å². The fourth-order valence-electron chi connectivity index (χ4n) is 3.28. The monoisotopic (exact) mass is 376 g/mol. The van der Waals surface area contributed by atoms with Gasteiger partial charge in [-0.3, -0.25) is 9.59 Å². The third-order valence-corrected chi connectivity index (χ3v) is 4.65. The summed E-state index contributed by atoms with van der Waals surface area (Å²) in [6.45, 7) is 0.213. The first-order valence-electron chi connectivity index (χ1n) is 9.11. The molecule has 27 heavy (non-hydrogen) atoms. The Kier molecular flexibility index (Phi) is 6.16. The van der Waals surface area contributed by atoms with Crippen LogP contribution in [0.5, 0.6) is 0 Å². The maximum atomic E-state index is 13.5. The maximum Gasteiger partial charge on any atom is 0.254 e. The third-order valence-electron chi connectivity index (χ3n) is 4.65. The summed E-state index contributed by atoms with van der Waals surface area (Å²) in [6.07, 6.45) is 6.76. The van der Waals surface area contributed by atoms with Crippen LogP contribution in [0.3, 0.4) is 0 Å². The number of rotatable bonds is 7. The van der Waals surface area contributed by atoms with Crippen LogP contribution in [0.4, 0.5) is 14.6 Å². The van der Waals surface area contributed by atoms with E-state index in [2.05, 4.69) is 15.7 Å². The number of carbonyl (C=O) groups excluding carboxylic acids is 2. The Bertz CT molecular complexity index is 816. The lowest BCUT2D eigenvalue weighted by molar-refractivity contribution is -0.116. The summed E-state index contributed by atoms with van der Waals surface area (Å²) in [5, 5.41) is 9.68. The summed E-state index contributed by atoms with van der Waals surface area (Å²) in [5.74, 6) is -1.77. The second kappa shape index (κ2) is 8.75. The summed E-state index contributed by atoms with van der Waals surface area (Å²) in [5.41, 5.74) is -0.221. The van der Waals surface area contributed by atoms with E-state index in [1.54, 1.807) is 12.3 Å². The number of hydrogen-bond donors (Lipinski definition) is 2. The van der Waals surface area contributed by atoms with Gasteiger partial charge in [-0.1, -0.05) is 12.8 Å². The summed E-state index contributed by atoms with van der Waals surface area (Å²) >= 11 is 0. The summed E-state index contributed by atoms with van der Waals surface area (Å²) in [7, 11) is 0. The molecule has 3 rings (SSSR count). The molecule has 0 bridgehead atoms. The highest BCUT2D eigenvalue weighted by Crippen LogP contribution is 2.31. The second-order valence-electron chi connectivity index (χ2n) is 6.63. The zero-order chi connectivity index (χ0) is 19.2. The molecule has 0 saturated heterocycles. The molecule has 1 heterocycles. The smallest absolute Gasteiger partial charge is 0.254 e. The normalized spacial score (nSPS) is 14.3. The maximum absolute atomic E-state index is 13.5. The zero-order valence-electron chi connectivity index (χ0n) is 14.9. The van der Waals surface area contributed by atoms with E-state index in [-0.39, 0.29) is 24.4 Å². The van der Waals surface area contributed by atoms with Crippen molar-refractivity contribution in [3.05, 3.63) is 47.7 Å². The van der Waals surface area contributed by atoms with Crippen molar-refractivity contribution < 1.29 is 18.4 Å². The van der Waals surface area contributed by atoms with E-state index in [4.69, 9.17) is 0 Å². The van der Waals surface area contributed by atoms with Crippen molar-refractivity contribution >= 4 is 17.6 Å². The van der Waals surface area contributed by atoms with Gasteiger partial charge >= 0.3 is 0 Å². The molecule has 6 nitrogen and oxygen atoms in total. The minimum atomic E-state index is -0.912. The Hall–Kier alpha value is -2.77. The van der Waals surface area contributed by atoms with E-state index < -0.39 is 17.5 Å². The highest BCUT2D eigenvalue weighted by Gasteiger charge is 2.20. The number of hydrogen-bond acceptors (Lipinski definition) is 3. The number of carbonyl (C=O) groups is 2. The Balaban J connectivity index is 1.42. The largest absolute Gasteiger partial charge is 0.352 e. The minimum Gasteiger partial charge on any atom is -0.352 e. The van der Waals surface area contributed by atoms with E-state index in [1.807, 2.05) is 4.68 Å². The van der Waals surface area contributed by atoms with Crippen molar-refractivity contribution in [1.82, 2.24) is 15.1 Å². The van der Waals surface area contributed by atoms with Gasteiger partial charge in [-0.2, -0.15) is 5.10 Å². The fourth-order valence-corrected chi connectivity index (χ4v) is 3.28. The van der Waals surface area contributed by atoms with Crippen LogP contribution in [0.25, 0.3) is 0 Å². The average molecular weight is 376 g/mol. The quantitative estimate of drug-likeness (QED) is 0.727. The van der Waals surface area contributed by atoms with Crippen LogP contribution in [0.1, 0.15) is 54.9 Å². The number of anilines is 1. The van der Waals surface area contributed by atoms with E-state index >= 15 is 0 Å². The molecule has 1 aliphatic carbocycles. The molecular formula is C19H22F2N4O2. The number of benzene rings is 1. The van der Waals surface area contributed by atoms with Crippen molar-refractivity contribution in [2.24, 2.45) is 0 Å². The number of amides is 2. The van der Waals surface area contributed by atoms with Gasteiger partial charge in [0.2, 0.25) is 5.91 Å². The van der Waals surface area contributed by atoms with Gasteiger partial charge < -0.3 is 10.6 Å². The Morgan fingerprint density at radius 2 is 1.96 bits per heavy atom. The first-order chi connectivity index (χ1) is 13.0. The van der Waals surface area contributed by atoms with Crippen LogP contribution >= 0.6 is 0 Å². The molecule has 0 atom stereocenters. The summed E-state index contributed by atoms with van der Waals surface area (Å²) < 4.78 is 28.3. The molecule has 144 valence electrons. The van der Waals surface area contributed by atoms with E-state index in [0.717, 1.165) is 25.0 Å². The fraction of sp³-hybridized carbons (Fsp3) is 0.421. The predicted molar refractivity (Wildman–Crippen MR) is 96.3 cm³/mol. The first-order valence-corrected chi connectivity index (χ1v) is 9.11. The van der Waals surface area contributed by atoms with Gasteiger partial charge in [0.25, 0.3) is 5.91 Å². The number of halogens is 2. The van der Waals surface area contributed by atoms with Gasteiger partial charge in [-0.15, -0.1) is 0 Å². The third kappa shape index (κ3) is 4.90. The van der Waals surface area contributed by atoms with Crippen LogP contribution in [0, 0.1) is 11.6 Å². The molecule has 2 amide bonds. The molecule has 0 spiro atoms. The number of nitrogens with zero attached hydrogens (tertiary/aromatic N) is 2. The molecule has 0 unspecified atom stereocenters. The van der Waals surface area contributed by atoms with Crippen molar-refractivity contribution in [1.29, 1.82) is 0 Å². The molecule has 8 heteroatoms. The van der Waals surface area contributed by atoms with Gasteiger partial charge in [0.05, 0.1) is 17.8 Å². The lowest BCUT2D eigenvalue weighted by Crippen LogP contribution is -2.26. The van der Waals surface area contributed by atoms with Crippen LogP contribution in [-0.2, 0) is 4.79 Å². The second-order valence-corrected chi connectivity index (χ2v) is 6.63. The summed E-state index contributed by atoms with van der Waals surface area (Å²) in [6, 6.07) is 4.89. The van der Waals surface area contributed by atoms with Crippen molar-refractivity contribution in [2.45, 2.75) is 44.6 Å².